The Bertz CT molecular complexity index is 1320. The normalized spacial score (nSPS) is 14.3. The van der Waals surface area contributed by atoms with Crippen LogP contribution in [0, 0.1) is 6.92 Å². The number of piperidine rings is 1. The molecule has 9 heteroatoms. The van der Waals surface area contributed by atoms with Crippen LogP contribution in [0.3, 0.4) is 0 Å². The molecule has 4 rings (SSSR count). The van der Waals surface area contributed by atoms with Crippen LogP contribution in [-0.2, 0) is 12.6 Å². The summed E-state index contributed by atoms with van der Waals surface area (Å²) in [5.74, 6) is 0.170. The number of anilines is 1. The van der Waals surface area contributed by atoms with Gasteiger partial charge >= 0.3 is 6.18 Å². The van der Waals surface area contributed by atoms with Crippen molar-refractivity contribution in [3.8, 4) is 5.75 Å². The van der Waals surface area contributed by atoms with Crippen LogP contribution in [0.25, 0.3) is 0 Å². The first-order valence-corrected chi connectivity index (χ1v) is 12.4. The van der Waals surface area contributed by atoms with Crippen molar-refractivity contribution in [2.45, 2.75) is 38.5 Å². The number of ether oxygens (including phenoxy) is 1. The lowest BCUT2D eigenvalue weighted by Gasteiger charge is -2.32. The number of alkyl halides is 3. The van der Waals surface area contributed by atoms with E-state index in [1.807, 2.05) is 38.1 Å². The number of hydrogen-bond donors (Lipinski definition) is 0. The van der Waals surface area contributed by atoms with E-state index in [1.165, 1.54) is 12.1 Å². The predicted molar refractivity (Wildman–Crippen MR) is 139 cm³/mol. The van der Waals surface area contributed by atoms with Gasteiger partial charge in [0.1, 0.15) is 11.9 Å². The summed E-state index contributed by atoms with van der Waals surface area (Å²) in [5.41, 5.74) is 2.13. The average Bonchev–Trinajstić information content (AvgIpc) is 2.90. The predicted octanol–water partition coefficient (Wildman–Crippen LogP) is 5.58. The molecule has 0 saturated carbocycles. The molecule has 1 fully saturated rings. The minimum absolute atomic E-state index is 0.0197. The van der Waals surface area contributed by atoms with E-state index in [0.29, 0.717) is 42.8 Å². The number of pyridine rings is 1. The van der Waals surface area contributed by atoms with Gasteiger partial charge in [0.2, 0.25) is 0 Å². The van der Waals surface area contributed by atoms with E-state index in [0.717, 1.165) is 23.4 Å². The van der Waals surface area contributed by atoms with Crippen molar-refractivity contribution in [2.24, 2.45) is 0 Å². The average molecular weight is 526 g/mol. The summed E-state index contributed by atoms with van der Waals surface area (Å²) in [6.45, 7) is 2.99. The summed E-state index contributed by atoms with van der Waals surface area (Å²) in [6.07, 6.45) is -0.0510. The van der Waals surface area contributed by atoms with Gasteiger partial charge in [0, 0.05) is 58.2 Å². The second-order valence-electron chi connectivity index (χ2n) is 9.71. The number of amides is 1. The molecule has 200 valence electrons. The van der Waals surface area contributed by atoms with Gasteiger partial charge in [-0.2, -0.15) is 13.2 Å². The van der Waals surface area contributed by atoms with Crippen molar-refractivity contribution >= 4 is 17.4 Å². The molecule has 1 aliphatic heterocycles. The molecule has 0 unspecified atom stereocenters. The van der Waals surface area contributed by atoms with Crippen molar-refractivity contribution in [3.63, 3.8) is 0 Å². The first-order chi connectivity index (χ1) is 18.0. The van der Waals surface area contributed by atoms with Gasteiger partial charge < -0.3 is 14.5 Å². The standard InChI is InChI=1S/C29H30F3N3O3/c1-19-7-8-20(13-26(36)21-5-4-6-23(15-21)29(30,31)32)14-27(19)38-25-9-11-35(12-10-25)28(37)22-16-24(34(2)3)18-33-17-22/h4-8,14-18,25H,9-13H2,1-3H3. The van der Waals surface area contributed by atoms with Crippen LogP contribution in [0.15, 0.2) is 60.9 Å². The van der Waals surface area contributed by atoms with E-state index >= 15 is 0 Å². The smallest absolute Gasteiger partial charge is 0.416 e. The Hall–Kier alpha value is -3.88. The highest BCUT2D eigenvalue weighted by Crippen LogP contribution is 2.30. The quantitative estimate of drug-likeness (QED) is 0.377. The molecule has 1 saturated heterocycles. The Kier molecular flexibility index (Phi) is 8.04. The van der Waals surface area contributed by atoms with E-state index in [4.69, 9.17) is 4.74 Å². The number of nitrogens with zero attached hydrogens (tertiary/aromatic N) is 3. The van der Waals surface area contributed by atoms with E-state index in [-0.39, 0.29) is 24.0 Å². The van der Waals surface area contributed by atoms with Gasteiger partial charge in [-0.1, -0.05) is 24.3 Å². The summed E-state index contributed by atoms with van der Waals surface area (Å²) in [6, 6.07) is 11.7. The maximum Gasteiger partial charge on any atom is 0.416 e. The fourth-order valence-corrected chi connectivity index (χ4v) is 4.37. The third kappa shape index (κ3) is 6.51. The number of ketones is 1. The number of likely N-dealkylation sites (tertiary alicyclic amines) is 1. The zero-order valence-electron chi connectivity index (χ0n) is 21.6. The molecule has 38 heavy (non-hydrogen) atoms. The maximum atomic E-state index is 13.0. The first-order valence-electron chi connectivity index (χ1n) is 12.4. The number of hydrogen-bond acceptors (Lipinski definition) is 5. The SMILES string of the molecule is Cc1ccc(CC(=O)c2cccc(C(F)(F)F)c2)cc1OC1CCN(C(=O)c2cncc(N(C)C)c2)CC1. The Morgan fingerprint density at radius 1 is 1.03 bits per heavy atom. The summed E-state index contributed by atoms with van der Waals surface area (Å²) in [5, 5.41) is 0. The molecule has 0 bridgehead atoms. The highest BCUT2D eigenvalue weighted by atomic mass is 19.4. The molecule has 1 aliphatic rings. The second kappa shape index (κ2) is 11.2. The van der Waals surface area contributed by atoms with Gasteiger partial charge in [0.25, 0.3) is 5.91 Å². The monoisotopic (exact) mass is 525 g/mol. The Morgan fingerprint density at radius 3 is 2.45 bits per heavy atom. The molecule has 0 radical (unpaired) electrons. The fourth-order valence-electron chi connectivity index (χ4n) is 4.37. The number of aromatic nitrogens is 1. The molecule has 0 atom stereocenters. The van der Waals surface area contributed by atoms with Gasteiger partial charge in [-0.25, -0.2) is 0 Å². The van der Waals surface area contributed by atoms with Crippen molar-refractivity contribution in [3.05, 3.63) is 88.7 Å². The molecule has 0 N–H and O–H groups in total. The number of carbonyl (C=O) groups is 2. The lowest BCUT2D eigenvalue weighted by atomic mass is 10.00. The summed E-state index contributed by atoms with van der Waals surface area (Å²) >= 11 is 0. The molecular formula is C29H30F3N3O3. The fraction of sp³-hybridized carbons (Fsp3) is 0.345. The Labute approximate surface area is 220 Å². The van der Waals surface area contributed by atoms with Gasteiger partial charge in [0.15, 0.2) is 5.78 Å². The third-order valence-corrected chi connectivity index (χ3v) is 6.64. The van der Waals surface area contributed by atoms with Gasteiger partial charge in [-0.15, -0.1) is 0 Å². The maximum absolute atomic E-state index is 13.0. The molecule has 2 aromatic carbocycles. The number of halogens is 3. The zero-order chi connectivity index (χ0) is 27.4. The highest BCUT2D eigenvalue weighted by Gasteiger charge is 2.31. The lowest BCUT2D eigenvalue weighted by Crippen LogP contribution is -2.41. The Balaban J connectivity index is 1.37. The highest BCUT2D eigenvalue weighted by molar-refractivity contribution is 5.97. The summed E-state index contributed by atoms with van der Waals surface area (Å²) in [4.78, 5) is 33.5. The van der Waals surface area contributed by atoms with Crippen molar-refractivity contribution in [2.75, 3.05) is 32.1 Å². The van der Waals surface area contributed by atoms with Crippen molar-refractivity contribution in [1.29, 1.82) is 0 Å². The van der Waals surface area contributed by atoms with Gasteiger partial charge in [0.05, 0.1) is 23.0 Å². The minimum atomic E-state index is -4.51. The number of benzene rings is 2. The molecule has 2 heterocycles. The molecule has 0 spiro atoms. The van der Waals surface area contributed by atoms with Crippen LogP contribution >= 0.6 is 0 Å². The van der Waals surface area contributed by atoms with E-state index < -0.39 is 17.5 Å². The first kappa shape index (κ1) is 27.2. The minimum Gasteiger partial charge on any atom is -0.490 e. The van der Waals surface area contributed by atoms with Gasteiger partial charge in [-0.3, -0.25) is 14.6 Å². The molecule has 3 aromatic rings. The van der Waals surface area contributed by atoms with E-state index in [9.17, 15) is 22.8 Å². The van der Waals surface area contributed by atoms with Gasteiger partial charge in [-0.05, 0) is 42.3 Å². The molecular weight excluding hydrogens is 495 g/mol. The zero-order valence-corrected chi connectivity index (χ0v) is 21.6. The van der Waals surface area contributed by atoms with Crippen LogP contribution in [-0.4, -0.2) is 54.9 Å². The van der Waals surface area contributed by atoms with E-state index in [1.54, 1.807) is 29.4 Å². The van der Waals surface area contributed by atoms with E-state index in [2.05, 4.69) is 4.98 Å². The number of rotatable bonds is 7. The summed E-state index contributed by atoms with van der Waals surface area (Å²) < 4.78 is 45.3. The molecule has 1 amide bonds. The topological polar surface area (TPSA) is 62.7 Å². The summed E-state index contributed by atoms with van der Waals surface area (Å²) in [7, 11) is 3.79. The second-order valence-corrected chi connectivity index (χ2v) is 9.71. The molecule has 0 aliphatic carbocycles. The third-order valence-electron chi connectivity index (χ3n) is 6.64. The number of carbonyl (C=O) groups excluding carboxylic acids is 2. The molecule has 1 aromatic heterocycles. The van der Waals surface area contributed by atoms with Crippen LogP contribution in [0.1, 0.15) is 50.2 Å². The largest absolute Gasteiger partial charge is 0.490 e. The van der Waals surface area contributed by atoms with Crippen LogP contribution < -0.4 is 9.64 Å². The van der Waals surface area contributed by atoms with Crippen LogP contribution in [0.2, 0.25) is 0 Å². The molecule has 6 nitrogen and oxygen atoms in total. The van der Waals surface area contributed by atoms with Crippen LogP contribution in [0.4, 0.5) is 18.9 Å². The number of aryl methyl sites for hydroxylation is 1. The number of Topliss-reactive ketones (excluding diaryl/α,β-unsaturated/α-hetero) is 1. The van der Waals surface area contributed by atoms with Crippen molar-refractivity contribution < 1.29 is 27.5 Å². The lowest BCUT2D eigenvalue weighted by molar-refractivity contribution is -0.137. The Morgan fingerprint density at radius 2 is 1.76 bits per heavy atom. The van der Waals surface area contributed by atoms with Crippen molar-refractivity contribution in [1.82, 2.24) is 9.88 Å². The van der Waals surface area contributed by atoms with Crippen LogP contribution in [0.5, 0.6) is 5.75 Å².